The summed E-state index contributed by atoms with van der Waals surface area (Å²) in [5.41, 5.74) is 0. The average molecular weight is 325 g/mol. The predicted molar refractivity (Wildman–Crippen MR) is 89.4 cm³/mol. The molecule has 1 nitrogen and oxygen atoms in total. The number of hydrogen-bond donors (Lipinski definition) is 0. The molecule has 4 heteroatoms. The van der Waals surface area contributed by atoms with Gasteiger partial charge in [-0.1, -0.05) is 63.6 Å². The molecule has 1 radical (unpaired) electrons. The van der Waals surface area contributed by atoms with Crippen molar-refractivity contribution in [3.05, 3.63) is 23.8 Å². The zero-order valence-electron chi connectivity index (χ0n) is 13.8. The number of halogens is 2. The summed E-state index contributed by atoms with van der Waals surface area (Å²) in [7, 11) is -0.942. The molecule has 0 N–H and O–H groups in total. The Morgan fingerprint density at radius 2 is 1.82 bits per heavy atom. The van der Waals surface area contributed by atoms with Crippen molar-refractivity contribution >= 4 is 14.0 Å². The maximum Gasteiger partial charge on any atom is 0.200 e. The van der Waals surface area contributed by atoms with Crippen LogP contribution < -0.4 is 9.92 Å². The van der Waals surface area contributed by atoms with Gasteiger partial charge < -0.3 is 4.74 Å². The molecule has 1 heterocycles. The highest BCUT2D eigenvalue weighted by molar-refractivity contribution is 6.73. The molecule has 1 aliphatic heterocycles. The monoisotopic (exact) mass is 325 g/mol. The molecule has 1 fully saturated rings. The number of benzene rings is 1. The number of ether oxygens (including phenoxy) is 1. The van der Waals surface area contributed by atoms with Crippen LogP contribution in [-0.2, 0) is 0 Å². The summed E-state index contributed by atoms with van der Waals surface area (Å²) in [6, 6.07) is 5.51. The molecule has 1 aliphatic rings. The fourth-order valence-corrected chi connectivity index (χ4v) is 6.38. The molecule has 22 heavy (non-hydrogen) atoms. The summed E-state index contributed by atoms with van der Waals surface area (Å²) in [5, 5.41) is 0.637. The standard InChI is InChI=1S/C18H27F2OSi/c1-3-5-6-7-14-10-12-22(13-11-14)16-9-8-15(21-4-2)17(19)18(16)20/h8-9,14H,3-7,10-13H2,1-2H3. The molecule has 123 valence electrons. The highest BCUT2D eigenvalue weighted by Crippen LogP contribution is 2.30. The van der Waals surface area contributed by atoms with Crippen LogP contribution in [0.15, 0.2) is 12.1 Å². The molecule has 0 unspecified atom stereocenters. The van der Waals surface area contributed by atoms with Gasteiger partial charge in [0.05, 0.1) is 15.4 Å². The molecule has 0 bridgehead atoms. The van der Waals surface area contributed by atoms with Crippen molar-refractivity contribution in [1.82, 2.24) is 0 Å². The van der Waals surface area contributed by atoms with E-state index in [4.69, 9.17) is 4.74 Å². The molecule has 2 rings (SSSR count). The van der Waals surface area contributed by atoms with E-state index in [1.165, 1.54) is 38.5 Å². The third kappa shape index (κ3) is 4.31. The number of rotatable bonds is 7. The summed E-state index contributed by atoms with van der Waals surface area (Å²) in [6.07, 6.45) is 7.57. The first kappa shape index (κ1) is 17.5. The summed E-state index contributed by atoms with van der Waals surface area (Å²) < 4.78 is 33.4. The molecule has 1 aromatic carbocycles. The van der Waals surface area contributed by atoms with E-state index in [0.29, 0.717) is 11.8 Å². The fourth-order valence-electron chi connectivity index (χ4n) is 3.34. The van der Waals surface area contributed by atoms with E-state index in [0.717, 1.165) is 18.0 Å². The van der Waals surface area contributed by atoms with Gasteiger partial charge in [0.1, 0.15) is 0 Å². The van der Waals surface area contributed by atoms with Gasteiger partial charge in [-0.25, -0.2) is 4.39 Å². The Morgan fingerprint density at radius 3 is 2.45 bits per heavy atom. The first-order valence-corrected chi connectivity index (χ1v) is 10.5. The van der Waals surface area contributed by atoms with Crippen LogP contribution >= 0.6 is 0 Å². The summed E-state index contributed by atoms with van der Waals surface area (Å²) in [4.78, 5) is 0. The van der Waals surface area contributed by atoms with Crippen molar-refractivity contribution in [3.8, 4) is 5.75 Å². The van der Waals surface area contributed by atoms with Gasteiger partial charge in [0.2, 0.25) is 0 Å². The Morgan fingerprint density at radius 1 is 1.09 bits per heavy atom. The van der Waals surface area contributed by atoms with Gasteiger partial charge in [0, 0.05) is 0 Å². The lowest BCUT2D eigenvalue weighted by Crippen LogP contribution is -2.36. The van der Waals surface area contributed by atoms with Crippen LogP contribution in [-0.4, -0.2) is 15.4 Å². The van der Waals surface area contributed by atoms with Gasteiger partial charge in [-0.05, 0) is 24.1 Å². The Balaban J connectivity index is 1.95. The smallest absolute Gasteiger partial charge is 0.200 e. The minimum absolute atomic E-state index is 0.0413. The minimum Gasteiger partial charge on any atom is -0.491 e. The largest absolute Gasteiger partial charge is 0.491 e. The predicted octanol–water partition coefficient (Wildman–Crippen LogP) is 5.06. The Hall–Kier alpha value is -0.903. The SMILES string of the molecule is CCCCCC1CC[Si](c2ccc(OCC)c(F)c2F)CC1. The van der Waals surface area contributed by atoms with Gasteiger partial charge in [-0.15, -0.1) is 0 Å². The van der Waals surface area contributed by atoms with Gasteiger partial charge >= 0.3 is 0 Å². The maximum absolute atomic E-state index is 14.3. The van der Waals surface area contributed by atoms with Crippen molar-refractivity contribution in [2.45, 2.75) is 64.5 Å². The highest BCUT2D eigenvalue weighted by atomic mass is 28.3. The van der Waals surface area contributed by atoms with Crippen molar-refractivity contribution in [2.75, 3.05) is 6.61 Å². The topological polar surface area (TPSA) is 9.23 Å². The highest BCUT2D eigenvalue weighted by Gasteiger charge is 2.27. The van der Waals surface area contributed by atoms with E-state index in [1.54, 1.807) is 19.1 Å². The number of unbranched alkanes of at least 4 members (excludes halogenated alkanes) is 2. The van der Waals surface area contributed by atoms with Crippen LogP contribution in [0.5, 0.6) is 5.75 Å². The molecule has 0 aromatic heterocycles. The number of hydrogen-bond acceptors (Lipinski definition) is 1. The van der Waals surface area contributed by atoms with Gasteiger partial charge in [0.15, 0.2) is 17.4 Å². The normalized spacial score (nSPS) is 16.9. The third-order valence-corrected chi connectivity index (χ3v) is 7.58. The maximum atomic E-state index is 14.3. The molecule has 0 amide bonds. The van der Waals surface area contributed by atoms with E-state index < -0.39 is 20.4 Å². The van der Waals surface area contributed by atoms with E-state index >= 15 is 0 Å². The molecule has 0 aliphatic carbocycles. The van der Waals surface area contributed by atoms with E-state index in [9.17, 15) is 8.78 Å². The second-order valence-corrected chi connectivity index (χ2v) is 8.96. The fraction of sp³-hybridized carbons (Fsp3) is 0.667. The minimum atomic E-state index is -0.942. The van der Waals surface area contributed by atoms with E-state index in [2.05, 4.69) is 6.92 Å². The average Bonchev–Trinajstić information content (AvgIpc) is 2.53. The Labute approximate surface area is 134 Å². The third-order valence-electron chi connectivity index (χ3n) is 4.65. The molecule has 0 saturated carbocycles. The van der Waals surface area contributed by atoms with Crippen LogP contribution in [0.4, 0.5) is 8.78 Å². The summed E-state index contributed by atoms with van der Waals surface area (Å²) >= 11 is 0. The van der Waals surface area contributed by atoms with E-state index in [1.807, 2.05) is 0 Å². The van der Waals surface area contributed by atoms with Crippen molar-refractivity contribution in [3.63, 3.8) is 0 Å². The van der Waals surface area contributed by atoms with Crippen molar-refractivity contribution < 1.29 is 13.5 Å². The van der Waals surface area contributed by atoms with Gasteiger partial charge in [-0.3, -0.25) is 0 Å². The lowest BCUT2D eigenvalue weighted by Gasteiger charge is -2.28. The van der Waals surface area contributed by atoms with Crippen LogP contribution in [0.3, 0.4) is 0 Å². The van der Waals surface area contributed by atoms with Crippen LogP contribution in [0.2, 0.25) is 12.1 Å². The van der Waals surface area contributed by atoms with Crippen molar-refractivity contribution in [1.29, 1.82) is 0 Å². The first-order valence-electron chi connectivity index (χ1n) is 8.63. The zero-order valence-corrected chi connectivity index (χ0v) is 14.8. The van der Waals surface area contributed by atoms with Crippen LogP contribution in [0.25, 0.3) is 0 Å². The molecular formula is C18H27F2OSi. The van der Waals surface area contributed by atoms with Crippen LogP contribution in [0.1, 0.15) is 52.4 Å². The summed E-state index contributed by atoms with van der Waals surface area (Å²) in [5.74, 6) is -0.623. The molecule has 1 aromatic rings. The molecule has 0 spiro atoms. The Kier molecular flexibility index (Phi) is 6.87. The Bertz CT molecular complexity index is 470. The summed E-state index contributed by atoms with van der Waals surface area (Å²) in [6.45, 7) is 4.36. The first-order chi connectivity index (χ1) is 10.7. The molecule has 1 saturated heterocycles. The molecular weight excluding hydrogens is 298 g/mol. The lowest BCUT2D eigenvalue weighted by molar-refractivity contribution is 0.314. The quantitative estimate of drug-likeness (QED) is 0.503. The zero-order chi connectivity index (χ0) is 15.9. The van der Waals surface area contributed by atoms with Crippen molar-refractivity contribution in [2.24, 2.45) is 5.92 Å². The van der Waals surface area contributed by atoms with E-state index in [-0.39, 0.29) is 5.75 Å². The second kappa shape index (κ2) is 8.66. The van der Waals surface area contributed by atoms with Gasteiger partial charge in [-0.2, -0.15) is 4.39 Å². The molecule has 0 atom stereocenters. The second-order valence-electron chi connectivity index (χ2n) is 6.21. The lowest BCUT2D eigenvalue weighted by atomic mass is 9.96. The van der Waals surface area contributed by atoms with Crippen LogP contribution in [0, 0.1) is 17.6 Å². The van der Waals surface area contributed by atoms with Gasteiger partial charge in [0.25, 0.3) is 0 Å².